The molecule has 0 saturated carbocycles. The molecule has 2 aromatic rings. The number of nitrogens with zero attached hydrogens (tertiary/aromatic N) is 3. The molecule has 5 nitrogen and oxygen atoms in total. The maximum atomic E-state index is 6.18. The molecular weight excluding hydrogens is 302 g/mol. The van der Waals surface area contributed by atoms with Gasteiger partial charge in [-0.2, -0.15) is 0 Å². The number of rotatable bonds is 5. The lowest BCUT2D eigenvalue weighted by Crippen LogP contribution is -2.32. The Morgan fingerprint density at radius 2 is 2.08 bits per heavy atom. The number of likely N-dealkylation sites (tertiary alicyclic amines) is 1. The zero-order chi connectivity index (χ0) is 16.2. The van der Waals surface area contributed by atoms with Crippen molar-refractivity contribution in [2.24, 2.45) is 0 Å². The van der Waals surface area contributed by atoms with Crippen LogP contribution in [0.3, 0.4) is 0 Å². The van der Waals surface area contributed by atoms with Gasteiger partial charge in [-0.15, -0.1) is 0 Å². The molecule has 0 aromatic carbocycles. The van der Waals surface area contributed by atoms with E-state index in [4.69, 9.17) is 9.47 Å². The summed E-state index contributed by atoms with van der Waals surface area (Å²) in [5, 5.41) is 0. The van der Waals surface area contributed by atoms with E-state index in [2.05, 4.69) is 27.0 Å². The van der Waals surface area contributed by atoms with E-state index < -0.39 is 0 Å². The molecule has 0 radical (unpaired) electrons. The van der Waals surface area contributed by atoms with E-state index in [1.165, 1.54) is 5.56 Å². The summed E-state index contributed by atoms with van der Waals surface area (Å²) in [5.41, 5.74) is 2.40. The zero-order valence-corrected chi connectivity index (χ0v) is 13.8. The summed E-state index contributed by atoms with van der Waals surface area (Å²) in [4.78, 5) is 10.7. The summed E-state index contributed by atoms with van der Waals surface area (Å²) in [6, 6.07) is 8.16. The van der Waals surface area contributed by atoms with Crippen molar-refractivity contribution in [3.05, 3.63) is 60.2 Å². The molecule has 5 heteroatoms. The van der Waals surface area contributed by atoms with Crippen LogP contribution in [0.4, 0.5) is 0 Å². The molecule has 2 fully saturated rings. The van der Waals surface area contributed by atoms with E-state index in [1.807, 2.05) is 30.7 Å². The molecule has 2 atom stereocenters. The van der Waals surface area contributed by atoms with Crippen LogP contribution in [0.5, 0.6) is 0 Å². The molecule has 4 rings (SSSR count). The first-order chi connectivity index (χ1) is 11.8. The smallest absolute Gasteiger partial charge is 0.0847 e. The van der Waals surface area contributed by atoms with Crippen LogP contribution in [0, 0.1) is 0 Å². The van der Waals surface area contributed by atoms with Gasteiger partial charge in [-0.1, -0.05) is 6.07 Å². The Kier molecular flexibility index (Phi) is 4.56. The molecular formula is C19H23N3O2. The molecule has 2 aromatic heterocycles. The lowest BCUT2D eigenvalue weighted by molar-refractivity contribution is -0.000452. The quantitative estimate of drug-likeness (QED) is 0.845. The molecule has 24 heavy (non-hydrogen) atoms. The zero-order valence-electron chi connectivity index (χ0n) is 13.8. The molecule has 0 unspecified atom stereocenters. The van der Waals surface area contributed by atoms with Gasteiger partial charge in [0, 0.05) is 50.8 Å². The molecule has 2 aliphatic rings. The normalized spacial score (nSPS) is 27.1. The second kappa shape index (κ2) is 6.97. The highest BCUT2D eigenvalue weighted by Gasteiger charge is 2.45. The molecule has 0 N–H and O–H groups in total. The fourth-order valence-corrected chi connectivity index (χ4v) is 3.70. The molecule has 0 aliphatic carbocycles. The van der Waals surface area contributed by atoms with Crippen molar-refractivity contribution in [1.29, 1.82) is 0 Å². The fraction of sp³-hybridized carbons (Fsp3) is 0.474. The van der Waals surface area contributed by atoms with Crippen LogP contribution >= 0.6 is 0 Å². The van der Waals surface area contributed by atoms with Gasteiger partial charge in [-0.3, -0.25) is 14.9 Å². The maximum Gasteiger partial charge on any atom is 0.0847 e. The van der Waals surface area contributed by atoms with Crippen molar-refractivity contribution in [2.75, 3.05) is 19.7 Å². The van der Waals surface area contributed by atoms with E-state index >= 15 is 0 Å². The van der Waals surface area contributed by atoms with Crippen LogP contribution in [0.15, 0.2) is 49.1 Å². The van der Waals surface area contributed by atoms with E-state index in [-0.39, 0.29) is 11.7 Å². The summed E-state index contributed by atoms with van der Waals surface area (Å²) in [6.07, 6.45) is 9.62. The van der Waals surface area contributed by atoms with Gasteiger partial charge in [0.05, 0.1) is 24.9 Å². The van der Waals surface area contributed by atoms with Crippen molar-refractivity contribution in [3.63, 3.8) is 0 Å². The lowest BCUT2D eigenvalue weighted by atomic mass is 9.98. The van der Waals surface area contributed by atoms with Crippen LogP contribution in [0.2, 0.25) is 0 Å². The van der Waals surface area contributed by atoms with Gasteiger partial charge in [-0.25, -0.2) is 0 Å². The molecule has 126 valence electrons. The second-order valence-electron chi connectivity index (χ2n) is 6.81. The summed E-state index contributed by atoms with van der Waals surface area (Å²) < 4.78 is 12.2. The van der Waals surface area contributed by atoms with Gasteiger partial charge in [0.15, 0.2) is 0 Å². The summed E-state index contributed by atoms with van der Waals surface area (Å²) in [5.74, 6) is 0. The van der Waals surface area contributed by atoms with Crippen LogP contribution in [0.25, 0.3) is 0 Å². The van der Waals surface area contributed by atoms with Gasteiger partial charge >= 0.3 is 0 Å². The predicted octanol–water partition coefficient (Wildman–Crippen LogP) is 2.43. The van der Waals surface area contributed by atoms with Crippen LogP contribution in [-0.2, 0) is 22.6 Å². The van der Waals surface area contributed by atoms with Crippen molar-refractivity contribution in [2.45, 2.75) is 37.7 Å². The summed E-state index contributed by atoms with van der Waals surface area (Å²) in [6.45, 7) is 4.34. The van der Waals surface area contributed by atoms with E-state index in [0.29, 0.717) is 13.2 Å². The Morgan fingerprint density at radius 1 is 1.17 bits per heavy atom. The predicted molar refractivity (Wildman–Crippen MR) is 90.2 cm³/mol. The number of hydrogen-bond donors (Lipinski definition) is 0. The van der Waals surface area contributed by atoms with E-state index in [9.17, 15) is 0 Å². The van der Waals surface area contributed by atoms with E-state index in [1.54, 1.807) is 6.20 Å². The number of aromatic nitrogens is 2. The van der Waals surface area contributed by atoms with Crippen molar-refractivity contribution >= 4 is 0 Å². The van der Waals surface area contributed by atoms with Crippen LogP contribution in [0.1, 0.15) is 24.0 Å². The minimum absolute atomic E-state index is 0.0212. The monoisotopic (exact) mass is 325 g/mol. The van der Waals surface area contributed by atoms with E-state index in [0.717, 1.165) is 38.0 Å². The SMILES string of the molecule is c1cncc(CO[C@H]2CO[C@@]3(CCN(Cc4ccncc4)C3)C2)c1. The Labute approximate surface area is 142 Å². The first-order valence-corrected chi connectivity index (χ1v) is 8.57. The minimum atomic E-state index is -0.0212. The van der Waals surface area contributed by atoms with Crippen molar-refractivity contribution in [3.8, 4) is 0 Å². The second-order valence-corrected chi connectivity index (χ2v) is 6.81. The summed E-state index contributed by atoms with van der Waals surface area (Å²) >= 11 is 0. The maximum absolute atomic E-state index is 6.18. The Bertz CT molecular complexity index is 652. The van der Waals surface area contributed by atoms with Gasteiger partial charge < -0.3 is 9.47 Å². The van der Waals surface area contributed by atoms with Crippen molar-refractivity contribution in [1.82, 2.24) is 14.9 Å². The number of hydrogen-bond acceptors (Lipinski definition) is 5. The third kappa shape index (κ3) is 3.64. The Morgan fingerprint density at radius 3 is 2.92 bits per heavy atom. The average Bonchev–Trinajstić information content (AvgIpc) is 3.21. The van der Waals surface area contributed by atoms with Crippen LogP contribution < -0.4 is 0 Å². The van der Waals surface area contributed by atoms with Crippen molar-refractivity contribution < 1.29 is 9.47 Å². The molecule has 2 aliphatic heterocycles. The van der Waals surface area contributed by atoms with Gasteiger partial charge in [0.25, 0.3) is 0 Å². The highest BCUT2D eigenvalue weighted by molar-refractivity contribution is 5.11. The van der Waals surface area contributed by atoms with Gasteiger partial charge in [0.1, 0.15) is 0 Å². The standard InChI is InChI=1S/C19H23N3O2/c1-2-17(11-21-6-1)13-23-18-10-19(24-14-18)5-9-22(15-19)12-16-3-7-20-8-4-16/h1-4,6-8,11,18H,5,9-10,12-15H2/t18-,19+/m1/s1. The number of pyridine rings is 2. The minimum Gasteiger partial charge on any atom is -0.371 e. The lowest BCUT2D eigenvalue weighted by Gasteiger charge is -2.23. The van der Waals surface area contributed by atoms with Gasteiger partial charge in [0.2, 0.25) is 0 Å². The molecule has 0 bridgehead atoms. The fourth-order valence-electron chi connectivity index (χ4n) is 3.70. The summed E-state index contributed by atoms with van der Waals surface area (Å²) in [7, 11) is 0. The Balaban J connectivity index is 1.28. The molecule has 4 heterocycles. The first kappa shape index (κ1) is 15.7. The molecule has 2 saturated heterocycles. The largest absolute Gasteiger partial charge is 0.371 e. The molecule has 0 amide bonds. The third-order valence-corrected chi connectivity index (χ3v) is 4.93. The average molecular weight is 325 g/mol. The van der Waals surface area contributed by atoms with Gasteiger partial charge in [-0.05, 0) is 35.7 Å². The number of ether oxygens (including phenoxy) is 2. The van der Waals surface area contributed by atoms with Crippen LogP contribution in [-0.4, -0.2) is 46.3 Å². The third-order valence-electron chi connectivity index (χ3n) is 4.93. The highest BCUT2D eigenvalue weighted by Crippen LogP contribution is 2.36. The highest BCUT2D eigenvalue weighted by atomic mass is 16.6. The molecule has 1 spiro atoms. The topological polar surface area (TPSA) is 47.5 Å². The Hall–Kier alpha value is -1.82. The first-order valence-electron chi connectivity index (χ1n) is 8.57.